The minimum absolute atomic E-state index is 0.275. The van der Waals surface area contributed by atoms with Gasteiger partial charge >= 0.3 is 0 Å². The number of hydrogen-bond donors (Lipinski definition) is 1. The van der Waals surface area contributed by atoms with Crippen LogP contribution in [0.5, 0.6) is 0 Å². The lowest BCUT2D eigenvalue weighted by atomic mass is 10.0. The first-order valence-corrected chi connectivity index (χ1v) is 5.81. The summed E-state index contributed by atoms with van der Waals surface area (Å²) in [6.45, 7) is 2.03. The summed E-state index contributed by atoms with van der Waals surface area (Å²) in [5, 5.41) is 7.83. The maximum absolute atomic E-state index is 6.19. The molecule has 0 amide bonds. The molecule has 0 aliphatic rings. The number of furan rings is 1. The molecule has 2 N–H and O–H groups in total. The molecule has 1 unspecified atom stereocenters. The lowest BCUT2D eigenvalue weighted by Gasteiger charge is -2.11. The molecule has 0 saturated carbocycles. The van der Waals surface area contributed by atoms with E-state index < -0.39 is 0 Å². The van der Waals surface area contributed by atoms with Gasteiger partial charge in [0.15, 0.2) is 4.60 Å². The van der Waals surface area contributed by atoms with Gasteiger partial charge in [-0.25, -0.2) is 4.68 Å². The largest absolute Gasteiger partial charge is 0.469 e. The number of halogens is 1. The van der Waals surface area contributed by atoms with Gasteiger partial charge in [0.2, 0.25) is 0 Å². The maximum Gasteiger partial charge on any atom is 0.153 e. The summed E-state index contributed by atoms with van der Waals surface area (Å²) in [6, 6.07) is 1.62. The highest BCUT2D eigenvalue weighted by Crippen LogP contribution is 2.27. The second-order valence-corrected chi connectivity index (χ2v) is 4.27. The van der Waals surface area contributed by atoms with Crippen LogP contribution in [0.25, 0.3) is 0 Å². The Morgan fingerprint density at radius 2 is 2.38 bits per heavy atom. The SMILES string of the molecule is CCc1occc1C(N)c1c(Br)nnn1C. The molecule has 0 aliphatic carbocycles. The minimum atomic E-state index is -0.275. The summed E-state index contributed by atoms with van der Waals surface area (Å²) in [5.41, 5.74) is 8.02. The lowest BCUT2D eigenvalue weighted by Crippen LogP contribution is -2.17. The number of nitrogens with two attached hydrogens (primary N) is 1. The van der Waals surface area contributed by atoms with Gasteiger partial charge in [0, 0.05) is 19.0 Å². The summed E-state index contributed by atoms with van der Waals surface area (Å²) < 4.78 is 7.71. The standard InChI is InChI=1S/C10H13BrN4O/c1-3-7-6(4-5-16-7)8(12)9-10(11)13-14-15(9)2/h4-5,8H,3,12H2,1-2H3. The van der Waals surface area contributed by atoms with Gasteiger partial charge in [-0.1, -0.05) is 12.1 Å². The Balaban J connectivity index is 2.43. The second-order valence-electron chi connectivity index (χ2n) is 3.52. The zero-order valence-corrected chi connectivity index (χ0v) is 10.7. The molecule has 0 radical (unpaired) electrons. The molecule has 0 saturated heterocycles. The molecule has 0 bridgehead atoms. The van der Waals surface area contributed by atoms with Gasteiger partial charge in [-0.15, -0.1) is 5.10 Å². The van der Waals surface area contributed by atoms with Crippen molar-refractivity contribution >= 4 is 15.9 Å². The number of rotatable bonds is 3. The van der Waals surface area contributed by atoms with E-state index in [2.05, 4.69) is 26.2 Å². The van der Waals surface area contributed by atoms with E-state index in [9.17, 15) is 0 Å². The highest BCUT2D eigenvalue weighted by Gasteiger charge is 2.21. The second kappa shape index (κ2) is 4.39. The van der Waals surface area contributed by atoms with E-state index in [0.717, 1.165) is 23.4 Å². The Hall–Kier alpha value is -1.14. The van der Waals surface area contributed by atoms with Crippen LogP contribution in [0, 0.1) is 0 Å². The van der Waals surface area contributed by atoms with E-state index in [1.54, 1.807) is 10.9 Å². The van der Waals surface area contributed by atoms with Crippen molar-refractivity contribution in [2.24, 2.45) is 12.8 Å². The molecule has 0 aliphatic heterocycles. The van der Waals surface area contributed by atoms with Crippen molar-refractivity contribution < 1.29 is 4.42 Å². The quantitative estimate of drug-likeness (QED) is 0.933. The van der Waals surface area contributed by atoms with E-state index >= 15 is 0 Å². The predicted octanol–water partition coefficient (Wildman–Crippen LogP) is 1.78. The summed E-state index contributed by atoms with van der Waals surface area (Å²) in [7, 11) is 1.82. The first-order valence-electron chi connectivity index (χ1n) is 5.02. The van der Waals surface area contributed by atoms with Gasteiger partial charge in [0.05, 0.1) is 18.0 Å². The third-order valence-corrected chi connectivity index (χ3v) is 3.12. The van der Waals surface area contributed by atoms with Crippen LogP contribution in [-0.4, -0.2) is 15.0 Å². The van der Waals surface area contributed by atoms with Gasteiger partial charge in [-0.05, 0) is 22.0 Å². The van der Waals surface area contributed by atoms with Crippen molar-refractivity contribution in [3.63, 3.8) is 0 Å². The molecule has 2 aromatic heterocycles. The van der Waals surface area contributed by atoms with Gasteiger partial charge in [0.1, 0.15) is 5.76 Å². The monoisotopic (exact) mass is 284 g/mol. The smallest absolute Gasteiger partial charge is 0.153 e. The zero-order valence-electron chi connectivity index (χ0n) is 9.14. The molecule has 0 fully saturated rings. The molecule has 5 nitrogen and oxygen atoms in total. The molecule has 86 valence electrons. The molecule has 2 aromatic rings. The molecule has 0 aromatic carbocycles. The summed E-state index contributed by atoms with van der Waals surface area (Å²) in [4.78, 5) is 0. The fourth-order valence-electron chi connectivity index (χ4n) is 1.73. The Labute approximate surface area is 102 Å². The Morgan fingerprint density at radius 1 is 1.62 bits per heavy atom. The van der Waals surface area contributed by atoms with Crippen molar-refractivity contribution in [1.82, 2.24) is 15.0 Å². The molecular weight excluding hydrogens is 272 g/mol. The Morgan fingerprint density at radius 3 is 2.94 bits per heavy atom. The number of aryl methyl sites for hydroxylation is 2. The van der Waals surface area contributed by atoms with Crippen molar-refractivity contribution in [1.29, 1.82) is 0 Å². The van der Waals surface area contributed by atoms with Crippen LogP contribution in [0.1, 0.15) is 30.0 Å². The molecule has 0 spiro atoms. The fraction of sp³-hybridized carbons (Fsp3) is 0.400. The van der Waals surface area contributed by atoms with Crippen LogP contribution in [0.15, 0.2) is 21.3 Å². The minimum Gasteiger partial charge on any atom is -0.469 e. The Kier molecular flexibility index (Phi) is 3.11. The molecule has 2 rings (SSSR count). The molecule has 16 heavy (non-hydrogen) atoms. The normalized spacial score (nSPS) is 13.0. The van der Waals surface area contributed by atoms with E-state index in [1.807, 2.05) is 20.0 Å². The van der Waals surface area contributed by atoms with Crippen molar-refractivity contribution in [2.75, 3.05) is 0 Å². The van der Waals surface area contributed by atoms with Crippen LogP contribution in [0.4, 0.5) is 0 Å². The molecule has 2 heterocycles. The van der Waals surface area contributed by atoms with E-state index in [4.69, 9.17) is 10.2 Å². The van der Waals surface area contributed by atoms with Crippen molar-refractivity contribution in [2.45, 2.75) is 19.4 Å². The van der Waals surface area contributed by atoms with Gasteiger partial charge < -0.3 is 10.2 Å². The van der Waals surface area contributed by atoms with Crippen LogP contribution in [0.2, 0.25) is 0 Å². The van der Waals surface area contributed by atoms with Crippen LogP contribution in [-0.2, 0) is 13.5 Å². The number of nitrogens with zero attached hydrogens (tertiary/aromatic N) is 3. The molecular formula is C10H13BrN4O. The highest BCUT2D eigenvalue weighted by molar-refractivity contribution is 9.10. The zero-order chi connectivity index (χ0) is 11.7. The van der Waals surface area contributed by atoms with Gasteiger partial charge in [-0.2, -0.15) is 0 Å². The summed E-state index contributed by atoms with van der Waals surface area (Å²) in [6.07, 6.45) is 2.48. The van der Waals surface area contributed by atoms with E-state index in [-0.39, 0.29) is 6.04 Å². The molecule has 6 heteroatoms. The molecule has 1 atom stereocenters. The average Bonchev–Trinajstić information content (AvgIpc) is 2.85. The van der Waals surface area contributed by atoms with Crippen molar-refractivity contribution in [3.05, 3.63) is 34.0 Å². The van der Waals surface area contributed by atoms with E-state index in [1.165, 1.54) is 0 Å². The van der Waals surface area contributed by atoms with Gasteiger partial charge in [-0.3, -0.25) is 0 Å². The first kappa shape index (κ1) is 11.3. The van der Waals surface area contributed by atoms with Crippen LogP contribution < -0.4 is 5.73 Å². The van der Waals surface area contributed by atoms with Gasteiger partial charge in [0.25, 0.3) is 0 Å². The number of hydrogen-bond acceptors (Lipinski definition) is 4. The van der Waals surface area contributed by atoms with Crippen LogP contribution >= 0.6 is 15.9 Å². The van der Waals surface area contributed by atoms with E-state index in [0.29, 0.717) is 4.60 Å². The van der Waals surface area contributed by atoms with Crippen molar-refractivity contribution in [3.8, 4) is 0 Å². The maximum atomic E-state index is 6.19. The lowest BCUT2D eigenvalue weighted by molar-refractivity contribution is 0.507. The summed E-state index contributed by atoms with van der Waals surface area (Å²) >= 11 is 3.34. The highest BCUT2D eigenvalue weighted by atomic mass is 79.9. The number of aromatic nitrogens is 3. The average molecular weight is 285 g/mol. The third-order valence-electron chi connectivity index (χ3n) is 2.56. The third kappa shape index (κ3) is 1.78. The topological polar surface area (TPSA) is 69.9 Å². The van der Waals surface area contributed by atoms with Crippen LogP contribution in [0.3, 0.4) is 0 Å². The first-order chi connectivity index (χ1) is 7.65. The Bertz CT molecular complexity index is 471. The predicted molar refractivity (Wildman–Crippen MR) is 62.8 cm³/mol. The fourth-order valence-corrected chi connectivity index (χ4v) is 2.31. The summed E-state index contributed by atoms with van der Waals surface area (Å²) in [5.74, 6) is 0.903.